The summed E-state index contributed by atoms with van der Waals surface area (Å²) < 4.78 is 5.14. The molecule has 82 valence electrons. The minimum atomic E-state index is -0.918. The molecule has 0 atom stereocenters. The molecular formula is C13H12O3. The molecule has 0 aliphatic heterocycles. The second-order valence-corrected chi connectivity index (χ2v) is 3.65. The van der Waals surface area contributed by atoms with Crippen molar-refractivity contribution in [2.24, 2.45) is 0 Å². The molecule has 16 heavy (non-hydrogen) atoms. The van der Waals surface area contributed by atoms with E-state index in [1.54, 1.807) is 25.3 Å². The van der Waals surface area contributed by atoms with Crippen LogP contribution in [0.1, 0.15) is 15.9 Å². The van der Waals surface area contributed by atoms with Gasteiger partial charge in [0.2, 0.25) is 0 Å². The number of carboxylic acids is 1. The van der Waals surface area contributed by atoms with Crippen LogP contribution in [0.15, 0.2) is 30.3 Å². The van der Waals surface area contributed by atoms with Gasteiger partial charge in [0, 0.05) is 5.39 Å². The standard InChI is InChI=1S/C13H12O3/c1-8-6-9(16-2)7-12-10(8)4-3-5-11(12)13(14)15/h3-7H,1-2H3,(H,14,15). The first kappa shape index (κ1) is 10.5. The van der Waals surface area contributed by atoms with Crippen LogP contribution in [0.2, 0.25) is 0 Å². The first-order chi connectivity index (χ1) is 7.63. The summed E-state index contributed by atoms with van der Waals surface area (Å²) in [6.07, 6.45) is 0. The van der Waals surface area contributed by atoms with E-state index < -0.39 is 5.97 Å². The fraction of sp³-hybridized carbons (Fsp3) is 0.154. The Kier molecular flexibility index (Phi) is 2.52. The summed E-state index contributed by atoms with van der Waals surface area (Å²) >= 11 is 0. The van der Waals surface area contributed by atoms with Crippen molar-refractivity contribution in [1.82, 2.24) is 0 Å². The zero-order chi connectivity index (χ0) is 11.7. The first-order valence-electron chi connectivity index (χ1n) is 4.94. The van der Waals surface area contributed by atoms with Crippen LogP contribution in [0, 0.1) is 6.92 Å². The number of carboxylic acid groups (broad SMARTS) is 1. The van der Waals surface area contributed by atoms with Crippen molar-refractivity contribution in [3.8, 4) is 5.75 Å². The van der Waals surface area contributed by atoms with Crippen LogP contribution in [-0.4, -0.2) is 18.2 Å². The molecule has 0 fully saturated rings. The number of hydrogen-bond donors (Lipinski definition) is 1. The summed E-state index contributed by atoms with van der Waals surface area (Å²) in [4.78, 5) is 11.1. The molecule has 2 aromatic carbocycles. The lowest BCUT2D eigenvalue weighted by atomic mass is 10.0. The Labute approximate surface area is 93.3 Å². The number of ether oxygens (including phenoxy) is 1. The topological polar surface area (TPSA) is 46.5 Å². The van der Waals surface area contributed by atoms with Gasteiger partial charge in [0.05, 0.1) is 12.7 Å². The van der Waals surface area contributed by atoms with Gasteiger partial charge in [0.25, 0.3) is 0 Å². The molecule has 2 rings (SSSR count). The maximum absolute atomic E-state index is 11.1. The quantitative estimate of drug-likeness (QED) is 0.839. The van der Waals surface area contributed by atoms with E-state index in [1.807, 2.05) is 19.1 Å². The molecule has 2 aromatic rings. The minimum absolute atomic E-state index is 0.305. The van der Waals surface area contributed by atoms with E-state index in [-0.39, 0.29) is 0 Å². The second kappa shape index (κ2) is 3.85. The molecule has 0 aromatic heterocycles. The zero-order valence-electron chi connectivity index (χ0n) is 9.15. The number of methoxy groups -OCH3 is 1. The molecule has 0 bridgehead atoms. The normalized spacial score (nSPS) is 10.4. The lowest BCUT2D eigenvalue weighted by Gasteiger charge is -2.08. The summed E-state index contributed by atoms with van der Waals surface area (Å²) in [5.74, 6) is -0.239. The Morgan fingerprint density at radius 2 is 2.00 bits per heavy atom. The van der Waals surface area contributed by atoms with E-state index in [0.717, 1.165) is 10.9 Å². The molecule has 0 radical (unpaired) electrons. The van der Waals surface area contributed by atoms with Crippen molar-refractivity contribution in [2.75, 3.05) is 7.11 Å². The third-order valence-electron chi connectivity index (χ3n) is 2.64. The molecule has 0 aliphatic rings. The van der Waals surface area contributed by atoms with Crippen molar-refractivity contribution in [2.45, 2.75) is 6.92 Å². The summed E-state index contributed by atoms with van der Waals surface area (Å²) in [5.41, 5.74) is 1.32. The first-order valence-corrected chi connectivity index (χ1v) is 4.94. The zero-order valence-corrected chi connectivity index (χ0v) is 9.15. The number of rotatable bonds is 2. The van der Waals surface area contributed by atoms with Gasteiger partial charge in [-0.15, -0.1) is 0 Å². The Bertz CT molecular complexity index is 558. The van der Waals surface area contributed by atoms with Crippen LogP contribution in [-0.2, 0) is 0 Å². The van der Waals surface area contributed by atoms with E-state index in [1.165, 1.54) is 0 Å². The van der Waals surface area contributed by atoms with Gasteiger partial charge in [-0.3, -0.25) is 0 Å². The highest BCUT2D eigenvalue weighted by molar-refractivity contribution is 6.05. The largest absolute Gasteiger partial charge is 0.497 e. The molecule has 0 saturated heterocycles. The van der Waals surface area contributed by atoms with Gasteiger partial charge in [-0.1, -0.05) is 12.1 Å². The lowest BCUT2D eigenvalue weighted by molar-refractivity contribution is 0.0699. The smallest absolute Gasteiger partial charge is 0.336 e. The fourth-order valence-electron chi connectivity index (χ4n) is 1.84. The molecule has 0 spiro atoms. The summed E-state index contributed by atoms with van der Waals surface area (Å²) in [6, 6.07) is 8.92. The van der Waals surface area contributed by atoms with Crippen LogP contribution < -0.4 is 4.74 Å². The lowest BCUT2D eigenvalue weighted by Crippen LogP contribution is -1.98. The van der Waals surface area contributed by atoms with Gasteiger partial charge in [-0.2, -0.15) is 0 Å². The second-order valence-electron chi connectivity index (χ2n) is 3.65. The summed E-state index contributed by atoms with van der Waals surface area (Å²) in [7, 11) is 1.57. The van der Waals surface area contributed by atoms with Gasteiger partial charge in [0.1, 0.15) is 5.75 Å². The molecule has 1 N–H and O–H groups in total. The van der Waals surface area contributed by atoms with Crippen molar-refractivity contribution >= 4 is 16.7 Å². The third-order valence-corrected chi connectivity index (χ3v) is 2.64. The number of aryl methyl sites for hydroxylation is 1. The molecule has 0 heterocycles. The molecule has 3 nitrogen and oxygen atoms in total. The third kappa shape index (κ3) is 1.60. The maximum Gasteiger partial charge on any atom is 0.336 e. The van der Waals surface area contributed by atoms with Crippen molar-refractivity contribution in [3.63, 3.8) is 0 Å². The van der Waals surface area contributed by atoms with Gasteiger partial charge < -0.3 is 9.84 Å². The van der Waals surface area contributed by atoms with Crippen LogP contribution in [0.25, 0.3) is 10.8 Å². The van der Waals surface area contributed by atoms with Crippen molar-refractivity contribution < 1.29 is 14.6 Å². The number of aromatic carboxylic acids is 1. The van der Waals surface area contributed by atoms with Crippen LogP contribution in [0.4, 0.5) is 0 Å². The predicted molar refractivity (Wildman–Crippen MR) is 62.2 cm³/mol. The molecule has 0 aliphatic carbocycles. The summed E-state index contributed by atoms with van der Waals surface area (Å²) in [5, 5.41) is 10.8. The Morgan fingerprint density at radius 3 is 2.62 bits per heavy atom. The van der Waals surface area contributed by atoms with Gasteiger partial charge in [-0.25, -0.2) is 4.79 Å². The highest BCUT2D eigenvalue weighted by atomic mass is 16.5. The van der Waals surface area contributed by atoms with Gasteiger partial charge >= 0.3 is 5.97 Å². The Balaban J connectivity index is 2.85. The number of benzene rings is 2. The van der Waals surface area contributed by atoms with Gasteiger partial charge in [-0.05, 0) is 36.1 Å². The van der Waals surface area contributed by atoms with E-state index in [2.05, 4.69) is 0 Å². The molecule has 3 heteroatoms. The molecule has 0 saturated carbocycles. The predicted octanol–water partition coefficient (Wildman–Crippen LogP) is 2.86. The average molecular weight is 216 g/mol. The molecule has 0 amide bonds. The van der Waals surface area contributed by atoms with Crippen LogP contribution >= 0.6 is 0 Å². The number of hydrogen-bond acceptors (Lipinski definition) is 2. The van der Waals surface area contributed by atoms with E-state index in [4.69, 9.17) is 9.84 Å². The van der Waals surface area contributed by atoms with E-state index in [9.17, 15) is 4.79 Å². The SMILES string of the molecule is COc1cc(C)c2cccc(C(=O)O)c2c1. The number of fused-ring (bicyclic) bond motifs is 1. The maximum atomic E-state index is 11.1. The monoisotopic (exact) mass is 216 g/mol. The van der Waals surface area contributed by atoms with E-state index in [0.29, 0.717) is 16.7 Å². The highest BCUT2D eigenvalue weighted by Crippen LogP contribution is 2.27. The summed E-state index contributed by atoms with van der Waals surface area (Å²) in [6.45, 7) is 1.94. The highest BCUT2D eigenvalue weighted by Gasteiger charge is 2.10. The minimum Gasteiger partial charge on any atom is -0.497 e. The van der Waals surface area contributed by atoms with Crippen molar-refractivity contribution in [3.05, 3.63) is 41.5 Å². The molecular weight excluding hydrogens is 204 g/mol. The fourth-order valence-corrected chi connectivity index (χ4v) is 1.84. The number of carbonyl (C=O) groups is 1. The Morgan fingerprint density at radius 1 is 1.25 bits per heavy atom. The van der Waals surface area contributed by atoms with Crippen molar-refractivity contribution in [1.29, 1.82) is 0 Å². The van der Waals surface area contributed by atoms with Crippen LogP contribution in [0.3, 0.4) is 0 Å². The average Bonchev–Trinajstić information content (AvgIpc) is 2.28. The van der Waals surface area contributed by atoms with Gasteiger partial charge in [0.15, 0.2) is 0 Å². The molecule has 0 unspecified atom stereocenters. The van der Waals surface area contributed by atoms with E-state index >= 15 is 0 Å². The Hall–Kier alpha value is -2.03. The van der Waals surface area contributed by atoms with Crippen LogP contribution in [0.5, 0.6) is 5.75 Å².